The molecule has 108 valence electrons. The molecule has 2 aromatic heterocycles. The molecule has 0 bridgehead atoms. The van der Waals surface area contributed by atoms with Crippen LogP contribution in [-0.4, -0.2) is 16.7 Å². The van der Waals surface area contributed by atoms with Crippen molar-refractivity contribution in [3.8, 4) is 0 Å². The van der Waals surface area contributed by atoms with Gasteiger partial charge in [-0.05, 0) is 30.7 Å². The van der Waals surface area contributed by atoms with Gasteiger partial charge in [-0.1, -0.05) is 0 Å². The summed E-state index contributed by atoms with van der Waals surface area (Å²) in [7, 11) is 0. The van der Waals surface area contributed by atoms with Crippen molar-refractivity contribution < 1.29 is 22.7 Å². The molecule has 7 heteroatoms. The molecule has 0 radical (unpaired) electrons. The zero-order chi connectivity index (χ0) is 14.6. The minimum absolute atomic E-state index is 0.0843. The first-order valence-electron chi connectivity index (χ1n) is 5.95. The van der Waals surface area contributed by atoms with Crippen LogP contribution < -0.4 is 5.32 Å². The van der Waals surface area contributed by atoms with Crippen LogP contribution in [0.15, 0.2) is 41.1 Å². The number of rotatable bonds is 5. The summed E-state index contributed by atoms with van der Waals surface area (Å²) in [6.07, 6.45) is -1.80. The molecular formula is C13H13F3N2O2. The van der Waals surface area contributed by atoms with Gasteiger partial charge in [0.25, 0.3) is 0 Å². The fourth-order valence-corrected chi connectivity index (χ4v) is 1.73. The Morgan fingerprint density at radius 3 is 2.60 bits per heavy atom. The minimum Gasteiger partial charge on any atom is -0.467 e. The summed E-state index contributed by atoms with van der Waals surface area (Å²) in [6.45, 7) is -0.0843. The fraction of sp³-hybridized carbons (Fsp3) is 0.308. The Balaban J connectivity index is 2.11. The van der Waals surface area contributed by atoms with Gasteiger partial charge in [0, 0.05) is 12.8 Å². The van der Waals surface area contributed by atoms with Gasteiger partial charge in [0.1, 0.15) is 11.6 Å². The number of aliphatic hydroxyl groups excluding tert-OH is 1. The fourth-order valence-electron chi connectivity index (χ4n) is 1.73. The number of nitrogens with one attached hydrogen (secondary N) is 1. The van der Waals surface area contributed by atoms with E-state index < -0.39 is 11.7 Å². The molecule has 20 heavy (non-hydrogen) atoms. The molecule has 2 heterocycles. The lowest BCUT2D eigenvalue weighted by Gasteiger charge is -2.16. The second-order valence-corrected chi connectivity index (χ2v) is 4.15. The van der Waals surface area contributed by atoms with Crippen LogP contribution in [0.1, 0.15) is 23.8 Å². The van der Waals surface area contributed by atoms with E-state index in [4.69, 9.17) is 9.52 Å². The molecule has 0 amide bonds. The van der Waals surface area contributed by atoms with Crippen molar-refractivity contribution in [3.05, 3.63) is 48.0 Å². The molecule has 1 atom stereocenters. The SMILES string of the molecule is OCCC(Nc1ccc(C(F)(F)F)cn1)c1ccco1. The first-order valence-corrected chi connectivity index (χ1v) is 5.95. The molecule has 0 fully saturated rings. The summed E-state index contributed by atoms with van der Waals surface area (Å²) < 4.78 is 42.5. The monoisotopic (exact) mass is 286 g/mol. The summed E-state index contributed by atoms with van der Waals surface area (Å²) in [5.74, 6) is 0.869. The molecule has 0 aliphatic rings. The first kappa shape index (κ1) is 14.4. The summed E-state index contributed by atoms with van der Waals surface area (Å²) >= 11 is 0. The number of hydrogen-bond acceptors (Lipinski definition) is 4. The lowest BCUT2D eigenvalue weighted by Crippen LogP contribution is -2.13. The third-order valence-corrected chi connectivity index (χ3v) is 2.72. The maximum absolute atomic E-state index is 12.4. The summed E-state index contributed by atoms with van der Waals surface area (Å²) in [5.41, 5.74) is -0.806. The van der Waals surface area contributed by atoms with Gasteiger partial charge >= 0.3 is 6.18 Å². The molecule has 0 saturated carbocycles. The number of furan rings is 1. The van der Waals surface area contributed by atoms with E-state index in [1.165, 1.54) is 12.3 Å². The topological polar surface area (TPSA) is 58.3 Å². The number of aliphatic hydroxyl groups is 1. The van der Waals surface area contributed by atoms with Gasteiger partial charge in [0.15, 0.2) is 0 Å². The average molecular weight is 286 g/mol. The second kappa shape index (κ2) is 5.96. The zero-order valence-corrected chi connectivity index (χ0v) is 10.4. The molecule has 0 aromatic carbocycles. The normalized spacial score (nSPS) is 13.2. The lowest BCUT2D eigenvalue weighted by molar-refractivity contribution is -0.137. The molecule has 4 nitrogen and oxygen atoms in total. The maximum atomic E-state index is 12.4. The largest absolute Gasteiger partial charge is 0.467 e. The van der Waals surface area contributed by atoms with Crippen LogP contribution in [0, 0.1) is 0 Å². The Morgan fingerprint density at radius 1 is 1.30 bits per heavy atom. The van der Waals surface area contributed by atoms with E-state index >= 15 is 0 Å². The Bertz CT molecular complexity index is 524. The highest BCUT2D eigenvalue weighted by Crippen LogP contribution is 2.29. The Morgan fingerprint density at radius 2 is 2.10 bits per heavy atom. The third-order valence-electron chi connectivity index (χ3n) is 2.72. The second-order valence-electron chi connectivity index (χ2n) is 4.15. The van der Waals surface area contributed by atoms with Gasteiger partial charge in [-0.2, -0.15) is 13.2 Å². The van der Waals surface area contributed by atoms with E-state index in [0.29, 0.717) is 12.2 Å². The van der Waals surface area contributed by atoms with Crippen molar-refractivity contribution in [2.45, 2.75) is 18.6 Å². The third kappa shape index (κ3) is 3.51. The van der Waals surface area contributed by atoms with Gasteiger partial charge in [-0.15, -0.1) is 0 Å². The number of alkyl halides is 3. The maximum Gasteiger partial charge on any atom is 0.417 e. The molecule has 2 aromatic rings. The van der Waals surface area contributed by atoms with E-state index in [1.54, 1.807) is 12.1 Å². The highest BCUT2D eigenvalue weighted by molar-refractivity contribution is 5.38. The first-order chi connectivity index (χ1) is 9.50. The minimum atomic E-state index is -4.41. The van der Waals surface area contributed by atoms with E-state index in [0.717, 1.165) is 12.3 Å². The lowest BCUT2D eigenvalue weighted by atomic mass is 10.1. The van der Waals surface area contributed by atoms with Crippen molar-refractivity contribution in [1.82, 2.24) is 4.98 Å². The van der Waals surface area contributed by atoms with Crippen LogP contribution in [0.25, 0.3) is 0 Å². The van der Waals surface area contributed by atoms with Crippen molar-refractivity contribution in [2.75, 3.05) is 11.9 Å². The number of anilines is 1. The van der Waals surface area contributed by atoms with Crippen LogP contribution in [-0.2, 0) is 6.18 Å². The molecule has 0 aliphatic heterocycles. The van der Waals surface area contributed by atoms with Crippen molar-refractivity contribution in [1.29, 1.82) is 0 Å². The number of aromatic nitrogens is 1. The number of hydrogen-bond donors (Lipinski definition) is 2. The number of pyridine rings is 1. The standard InChI is InChI=1S/C13H13F3N2O2/c14-13(15,16)9-3-4-12(17-8-9)18-10(5-6-19)11-2-1-7-20-11/h1-4,7-8,10,19H,5-6H2,(H,17,18). The van der Waals surface area contributed by atoms with Crippen LogP contribution in [0.2, 0.25) is 0 Å². The van der Waals surface area contributed by atoms with E-state index in [-0.39, 0.29) is 18.5 Å². The quantitative estimate of drug-likeness (QED) is 0.886. The van der Waals surface area contributed by atoms with Crippen molar-refractivity contribution in [3.63, 3.8) is 0 Å². The molecular weight excluding hydrogens is 273 g/mol. The predicted molar refractivity (Wildman–Crippen MR) is 66.0 cm³/mol. The molecule has 0 saturated heterocycles. The predicted octanol–water partition coefficient (Wildman–Crippen LogP) is 3.23. The molecule has 2 N–H and O–H groups in total. The highest BCUT2D eigenvalue weighted by Gasteiger charge is 2.30. The van der Waals surface area contributed by atoms with E-state index in [9.17, 15) is 13.2 Å². The van der Waals surface area contributed by atoms with Crippen LogP contribution in [0.4, 0.5) is 19.0 Å². The Labute approximate surface area is 113 Å². The van der Waals surface area contributed by atoms with Gasteiger partial charge in [0.2, 0.25) is 0 Å². The highest BCUT2D eigenvalue weighted by atomic mass is 19.4. The van der Waals surface area contributed by atoms with Gasteiger partial charge in [0.05, 0.1) is 17.9 Å². The summed E-state index contributed by atoms with van der Waals surface area (Å²) in [6, 6.07) is 5.27. The van der Waals surface area contributed by atoms with Gasteiger partial charge in [-0.3, -0.25) is 0 Å². The number of nitrogens with zero attached hydrogens (tertiary/aromatic N) is 1. The van der Waals surface area contributed by atoms with Crippen molar-refractivity contribution >= 4 is 5.82 Å². The van der Waals surface area contributed by atoms with Crippen LogP contribution >= 0.6 is 0 Å². The van der Waals surface area contributed by atoms with E-state index in [2.05, 4.69) is 10.3 Å². The number of halogens is 3. The van der Waals surface area contributed by atoms with Gasteiger partial charge in [-0.25, -0.2) is 4.98 Å². The summed E-state index contributed by atoms with van der Waals surface area (Å²) in [4.78, 5) is 3.72. The van der Waals surface area contributed by atoms with Gasteiger partial charge < -0.3 is 14.8 Å². The average Bonchev–Trinajstić information content (AvgIpc) is 2.91. The van der Waals surface area contributed by atoms with Crippen LogP contribution in [0.3, 0.4) is 0 Å². The molecule has 1 unspecified atom stereocenters. The smallest absolute Gasteiger partial charge is 0.417 e. The Hall–Kier alpha value is -2.02. The zero-order valence-electron chi connectivity index (χ0n) is 10.4. The van der Waals surface area contributed by atoms with Crippen LogP contribution in [0.5, 0.6) is 0 Å². The summed E-state index contributed by atoms with van der Waals surface area (Å²) in [5, 5.41) is 11.9. The molecule has 2 rings (SSSR count). The van der Waals surface area contributed by atoms with E-state index in [1.807, 2.05) is 0 Å². The Kier molecular flexibility index (Phi) is 4.29. The van der Waals surface area contributed by atoms with Crippen molar-refractivity contribution in [2.24, 2.45) is 0 Å². The molecule has 0 spiro atoms. The molecule has 0 aliphatic carbocycles.